The highest BCUT2D eigenvalue weighted by atomic mass is 31.2. The summed E-state index contributed by atoms with van der Waals surface area (Å²) in [5.41, 5.74) is 0. The maximum atomic E-state index is 13.4. The van der Waals surface area contributed by atoms with E-state index >= 15 is 0 Å². The van der Waals surface area contributed by atoms with Crippen molar-refractivity contribution in [2.45, 2.75) is 270 Å². The lowest BCUT2D eigenvalue weighted by Crippen LogP contribution is -2.47. The van der Waals surface area contributed by atoms with Gasteiger partial charge in [0.25, 0.3) is 0 Å². The van der Waals surface area contributed by atoms with Crippen LogP contribution in [0.25, 0.3) is 0 Å². The number of phosphoric acid groups is 1. The average Bonchev–Trinajstić information content (AvgIpc) is 3.22. The fourth-order valence-electron chi connectivity index (χ4n) is 7.82. The van der Waals surface area contributed by atoms with E-state index in [9.17, 15) is 19.0 Å². The van der Waals surface area contributed by atoms with Gasteiger partial charge in [-0.2, -0.15) is 0 Å². The molecule has 1 amide bonds. The van der Waals surface area contributed by atoms with Crippen LogP contribution in [0.5, 0.6) is 0 Å². The molecule has 0 aromatic heterocycles. The number of amides is 1. The van der Waals surface area contributed by atoms with Gasteiger partial charge in [0.1, 0.15) is 19.3 Å². The summed E-state index contributed by atoms with van der Waals surface area (Å²) >= 11 is 0. The van der Waals surface area contributed by atoms with E-state index in [-0.39, 0.29) is 25.1 Å². The zero-order valence-corrected chi connectivity index (χ0v) is 42.8. The highest BCUT2D eigenvalue weighted by Crippen LogP contribution is 2.43. The minimum absolute atomic E-state index is 0.0451. The zero-order chi connectivity index (χ0) is 45.8. The van der Waals surface area contributed by atoms with Gasteiger partial charge in [0.05, 0.1) is 33.8 Å². The van der Waals surface area contributed by atoms with Crippen molar-refractivity contribution in [3.8, 4) is 0 Å². The van der Waals surface area contributed by atoms with Gasteiger partial charge in [-0.1, -0.05) is 226 Å². The number of hydrogen-bond acceptors (Lipinski definition) is 6. The Kier molecular flexibility index (Phi) is 42.8. The van der Waals surface area contributed by atoms with E-state index in [0.717, 1.165) is 57.8 Å². The summed E-state index contributed by atoms with van der Waals surface area (Å²) in [5, 5.41) is 3.04. The van der Waals surface area contributed by atoms with Crippen LogP contribution in [0.1, 0.15) is 258 Å². The van der Waals surface area contributed by atoms with Crippen molar-refractivity contribution in [3.63, 3.8) is 0 Å². The third kappa shape index (κ3) is 44.0. The van der Waals surface area contributed by atoms with Crippen LogP contribution in [-0.4, -0.2) is 74.3 Å². The minimum Gasteiger partial charge on any atom is -0.456 e. The van der Waals surface area contributed by atoms with Gasteiger partial charge in [0.2, 0.25) is 5.91 Å². The Balaban J connectivity index is 5.37. The van der Waals surface area contributed by atoms with Gasteiger partial charge in [0.15, 0.2) is 0 Å². The van der Waals surface area contributed by atoms with Gasteiger partial charge in [-0.15, -0.1) is 0 Å². The lowest BCUT2D eigenvalue weighted by atomic mass is 10.0. The topological polar surface area (TPSA) is 111 Å². The zero-order valence-electron chi connectivity index (χ0n) is 41.9. The fraction of sp³-hybridized carbons (Fsp3) is 0.923. The predicted molar refractivity (Wildman–Crippen MR) is 263 cm³/mol. The Morgan fingerprint density at radius 1 is 0.548 bits per heavy atom. The lowest BCUT2D eigenvalue weighted by molar-refractivity contribution is -0.870. The molecule has 3 unspecified atom stereocenters. The van der Waals surface area contributed by atoms with E-state index in [4.69, 9.17) is 13.8 Å². The molecule has 0 rings (SSSR count). The third-order valence-corrected chi connectivity index (χ3v) is 13.0. The Bertz CT molecular complexity index is 1080. The number of ether oxygens (including phenoxy) is 1. The van der Waals surface area contributed by atoms with E-state index in [1.165, 1.54) is 167 Å². The number of carbonyl (C=O) groups excluding carboxylic acids is 2. The van der Waals surface area contributed by atoms with Crippen LogP contribution in [-0.2, 0) is 27.9 Å². The maximum absolute atomic E-state index is 13.4. The molecule has 10 heteroatoms. The number of esters is 1. The van der Waals surface area contributed by atoms with Crippen molar-refractivity contribution in [1.82, 2.24) is 5.32 Å². The van der Waals surface area contributed by atoms with E-state index in [1.54, 1.807) is 0 Å². The number of quaternary nitrogens is 1. The molecule has 0 aliphatic rings. The summed E-state index contributed by atoms with van der Waals surface area (Å²) in [6, 6.07) is -0.836. The highest BCUT2D eigenvalue weighted by molar-refractivity contribution is 7.47. The smallest absolute Gasteiger partial charge is 0.456 e. The van der Waals surface area contributed by atoms with Crippen LogP contribution < -0.4 is 5.32 Å². The Hall–Kier alpha value is -1.25. The summed E-state index contributed by atoms with van der Waals surface area (Å²) in [5.74, 6) is -0.494. The second-order valence-electron chi connectivity index (χ2n) is 19.4. The standard InChI is InChI=1S/C52H103N2O7P/c1-7-10-13-16-19-22-25-26-27-30-33-36-39-42-45-52(56)61-50(43-40-37-34-31-28-23-20-17-14-11-8-2)49(48-60-62(57,58)59-47-46-54(4,5)6)53-51(55)44-41-38-35-32-29-24-21-18-15-12-9-3/h40,43,49-50H,7-39,41-42,44-48H2,1-6H3,(H-,53,55,57,58)/p+1/b43-40+. The Labute approximate surface area is 384 Å². The van der Waals surface area contributed by atoms with E-state index < -0.39 is 20.0 Å². The molecule has 0 aliphatic heterocycles. The average molecular weight is 900 g/mol. The van der Waals surface area contributed by atoms with Crippen LogP contribution in [0.3, 0.4) is 0 Å². The van der Waals surface area contributed by atoms with Crippen molar-refractivity contribution in [2.24, 2.45) is 0 Å². The summed E-state index contributed by atoms with van der Waals surface area (Å²) in [6.07, 6.45) is 46.2. The predicted octanol–water partition coefficient (Wildman–Crippen LogP) is 15.3. The molecule has 0 heterocycles. The molecule has 9 nitrogen and oxygen atoms in total. The van der Waals surface area contributed by atoms with Crippen LogP contribution in [0.2, 0.25) is 0 Å². The van der Waals surface area contributed by atoms with Crippen molar-refractivity contribution in [2.75, 3.05) is 40.9 Å². The lowest BCUT2D eigenvalue weighted by Gasteiger charge is -2.27. The third-order valence-electron chi connectivity index (χ3n) is 12.0. The highest BCUT2D eigenvalue weighted by Gasteiger charge is 2.30. The van der Waals surface area contributed by atoms with Crippen molar-refractivity contribution in [1.29, 1.82) is 0 Å². The number of unbranched alkanes of at least 4 members (excludes halogenated alkanes) is 32. The summed E-state index contributed by atoms with van der Waals surface area (Å²) in [6.45, 7) is 7.01. The second kappa shape index (κ2) is 43.6. The number of carbonyl (C=O) groups is 2. The van der Waals surface area contributed by atoms with Gasteiger partial charge in [-0.05, 0) is 31.8 Å². The quantitative estimate of drug-likeness (QED) is 0.0206. The SMILES string of the molecule is CCCCCCCCCCC/C=C/C(OC(=O)CCCCCCCCCCCCCCCC)C(COP(=O)(O)OCC[N+](C)(C)C)NC(=O)CCCCCCCCCCCCC. The summed E-state index contributed by atoms with van der Waals surface area (Å²) in [4.78, 5) is 37.3. The number of rotatable bonds is 48. The summed E-state index contributed by atoms with van der Waals surface area (Å²) < 4.78 is 30.5. The molecule has 0 aromatic carbocycles. The monoisotopic (exact) mass is 900 g/mol. The molecule has 0 bridgehead atoms. The fourth-order valence-corrected chi connectivity index (χ4v) is 8.56. The molecule has 0 saturated heterocycles. The van der Waals surface area contributed by atoms with Crippen molar-refractivity contribution < 1.29 is 37.3 Å². The van der Waals surface area contributed by atoms with Crippen LogP contribution in [0, 0.1) is 0 Å². The van der Waals surface area contributed by atoms with Gasteiger partial charge >= 0.3 is 13.8 Å². The molecule has 0 radical (unpaired) electrons. The minimum atomic E-state index is -4.43. The van der Waals surface area contributed by atoms with Gasteiger partial charge in [0, 0.05) is 12.8 Å². The normalized spacial score (nSPS) is 14.0. The second-order valence-corrected chi connectivity index (χ2v) is 20.9. The van der Waals surface area contributed by atoms with Gasteiger partial charge in [-0.25, -0.2) is 4.57 Å². The first-order chi connectivity index (χ1) is 29.9. The molecule has 0 aliphatic carbocycles. The molecule has 62 heavy (non-hydrogen) atoms. The summed E-state index contributed by atoms with van der Waals surface area (Å²) in [7, 11) is 1.51. The first-order valence-electron chi connectivity index (χ1n) is 26.5. The number of hydrogen-bond donors (Lipinski definition) is 2. The molecule has 368 valence electrons. The largest absolute Gasteiger partial charge is 0.472 e. The Morgan fingerprint density at radius 3 is 1.32 bits per heavy atom. The molecular weight excluding hydrogens is 796 g/mol. The molecule has 0 saturated carbocycles. The number of nitrogens with zero attached hydrogens (tertiary/aromatic N) is 1. The van der Waals surface area contributed by atoms with E-state index in [0.29, 0.717) is 23.9 Å². The van der Waals surface area contributed by atoms with Crippen LogP contribution >= 0.6 is 7.82 Å². The number of allylic oxidation sites excluding steroid dienone is 1. The van der Waals surface area contributed by atoms with Crippen molar-refractivity contribution >= 4 is 19.7 Å². The molecule has 0 aromatic rings. The first-order valence-corrected chi connectivity index (χ1v) is 28.0. The van der Waals surface area contributed by atoms with Gasteiger partial charge < -0.3 is 19.4 Å². The van der Waals surface area contributed by atoms with Crippen LogP contribution in [0.15, 0.2) is 12.2 Å². The van der Waals surface area contributed by atoms with Crippen molar-refractivity contribution in [3.05, 3.63) is 12.2 Å². The van der Waals surface area contributed by atoms with E-state index in [2.05, 4.69) is 26.1 Å². The maximum Gasteiger partial charge on any atom is 0.472 e. The molecule has 3 atom stereocenters. The van der Waals surface area contributed by atoms with Gasteiger partial charge in [-0.3, -0.25) is 18.6 Å². The van der Waals surface area contributed by atoms with E-state index in [1.807, 2.05) is 33.3 Å². The molecule has 0 fully saturated rings. The van der Waals surface area contributed by atoms with Crippen LogP contribution in [0.4, 0.5) is 0 Å². The Morgan fingerprint density at radius 2 is 0.919 bits per heavy atom. The molecule has 0 spiro atoms. The first kappa shape index (κ1) is 60.8. The molecular formula is C52H104N2O7P+. The molecule has 2 N–H and O–H groups in total. The number of likely N-dealkylation sites (N-methyl/N-ethyl adjacent to an activating group) is 1. The number of phosphoric ester groups is 1. The number of nitrogens with one attached hydrogen (secondary N) is 1.